The van der Waals surface area contributed by atoms with Gasteiger partial charge in [0.25, 0.3) is 5.91 Å². The van der Waals surface area contributed by atoms with Crippen LogP contribution in [0.25, 0.3) is 11.8 Å². The Hall–Kier alpha value is -3.87. The normalized spacial score (nSPS) is 15.7. The van der Waals surface area contributed by atoms with Gasteiger partial charge in [-0.1, -0.05) is 12.1 Å². The van der Waals surface area contributed by atoms with Crippen molar-refractivity contribution in [3.8, 4) is 5.69 Å². The Morgan fingerprint density at radius 3 is 2.58 bits per heavy atom. The maximum atomic E-state index is 14.0. The summed E-state index contributed by atoms with van der Waals surface area (Å²) in [5.41, 5.74) is -3.56. The standard InChI is InChI=1S/C20H13F6N5O2/c21-19(22,23)15-8-10(4-6-27-15)30-18(33)13-9-29-31(16(13)20(24,25)26)14-3-1-2-12-11(14)5-7-28-17(12)32/h1-9,17,28,32H,(H,27,30,33). The average Bonchev–Trinajstić information content (AvgIpc) is 3.19. The van der Waals surface area contributed by atoms with Crippen LogP contribution in [0.3, 0.4) is 0 Å². The predicted octanol–water partition coefficient (Wildman–Crippen LogP) is 4.12. The molecule has 13 heteroatoms. The van der Waals surface area contributed by atoms with E-state index < -0.39 is 47.1 Å². The third-order valence-corrected chi connectivity index (χ3v) is 4.73. The second-order valence-electron chi connectivity index (χ2n) is 6.88. The Balaban J connectivity index is 1.77. The topological polar surface area (TPSA) is 92.1 Å². The number of benzene rings is 1. The first-order valence-electron chi connectivity index (χ1n) is 9.20. The van der Waals surface area contributed by atoms with E-state index in [1.165, 1.54) is 30.5 Å². The van der Waals surface area contributed by atoms with Gasteiger partial charge in [-0.25, -0.2) is 4.68 Å². The largest absolute Gasteiger partial charge is 0.434 e. The number of halogens is 6. The van der Waals surface area contributed by atoms with Gasteiger partial charge in [0.05, 0.1) is 17.4 Å². The van der Waals surface area contributed by atoms with Crippen molar-refractivity contribution in [1.29, 1.82) is 0 Å². The second-order valence-corrected chi connectivity index (χ2v) is 6.88. The Labute approximate surface area is 181 Å². The number of nitrogens with zero attached hydrogens (tertiary/aromatic N) is 3. The Morgan fingerprint density at radius 1 is 1.12 bits per heavy atom. The highest BCUT2D eigenvalue weighted by atomic mass is 19.4. The van der Waals surface area contributed by atoms with E-state index in [-0.39, 0.29) is 11.3 Å². The summed E-state index contributed by atoms with van der Waals surface area (Å²) in [6.07, 6.45) is -6.78. The minimum atomic E-state index is -5.05. The van der Waals surface area contributed by atoms with E-state index in [9.17, 15) is 36.2 Å². The maximum Gasteiger partial charge on any atom is 0.434 e. The van der Waals surface area contributed by atoms with E-state index in [0.717, 1.165) is 12.3 Å². The Bertz CT molecular complexity index is 1250. The smallest absolute Gasteiger partial charge is 0.369 e. The van der Waals surface area contributed by atoms with Crippen LogP contribution in [0.4, 0.5) is 32.0 Å². The molecule has 0 fully saturated rings. The number of rotatable bonds is 3. The zero-order valence-electron chi connectivity index (χ0n) is 16.2. The van der Waals surface area contributed by atoms with Crippen molar-refractivity contribution in [3.63, 3.8) is 0 Å². The number of aliphatic hydroxyl groups excluding tert-OH is 1. The lowest BCUT2D eigenvalue weighted by Crippen LogP contribution is -2.23. The van der Waals surface area contributed by atoms with Gasteiger partial charge in [0.1, 0.15) is 5.69 Å². The van der Waals surface area contributed by atoms with Crippen molar-refractivity contribution in [1.82, 2.24) is 20.1 Å². The zero-order chi connectivity index (χ0) is 24.0. The molecule has 1 unspecified atom stereocenters. The summed E-state index contributed by atoms with van der Waals surface area (Å²) in [7, 11) is 0. The van der Waals surface area contributed by atoms with Gasteiger partial charge < -0.3 is 15.7 Å². The van der Waals surface area contributed by atoms with E-state index in [2.05, 4.69) is 15.4 Å². The summed E-state index contributed by atoms with van der Waals surface area (Å²) in [5, 5.41) is 18.4. The van der Waals surface area contributed by atoms with Crippen molar-refractivity contribution in [2.45, 2.75) is 18.6 Å². The SMILES string of the molecule is O=C(Nc1ccnc(C(F)(F)F)c1)c1cnn(-c2cccc3c2C=CNC3O)c1C(F)(F)F. The molecule has 0 aliphatic carbocycles. The minimum absolute atomic E-state index is 0.0565. The number of pyridine rings is 1. The number of amides is 1. The fraction of sp³-hybridized carbons (Fsp3) is 0.150. The summed E-state index contributed by atoms with van der Waals surface area (Å²) in [6.45, 7) is 0. The number of carbonyl (C=O) groups excluding carboxylic acids is 1. The van der Waals surface area contributed by atoms with Crippen molar-refractivity contribution in [2.75, 3.05) is 5.32 Å². The molecule has 172 valence electrons. The number of alkyl halides is 6. The van der Waals surface area contributed by atoms with Crippen LogP contribution < -0.4 is 10.6 Å². The predicted molar refractivity (Wildman–Crippen MR) is 103 cm³/mol. The van der Waals surface area contributed by atoms with Crippen LogP contribution in [-0.2, 0) is 12.4 Å². The monoisotopic (exact) mass is 469 g/mol. The molecule has 3 N–H and O–H groups in total. The molecule has 0 bridgehead atoms. The number of hydrogen-bond donors (Lipinski definition) is 3. The molecule has 3 heterocycles. The molecule has 0 spiro atoms. The molecule has 4 rings (SSSR count). The lowest BCUT2D eigenvalue weighted by atomic mass is 10.0. The van der Waals surface area contributed by atoms with Crippen LogP contribution in [0, 0.1) is 0 Å². The minimum Gasteiger partial charge on any atom is -0.369 e. The van der Waals surface area contributed by atoms with Gasteiger partial charge in [-0.05, 0) is 30.5 Å². The Kier molecular flexibility index (Phi) is 5.36. The zero-order valence-corrected chi connectivity index (χ0v) is 16.2. The van der Waals surface area contributed by atoms with Crippen molar-refractivity contribution in [3.05, 3.63) is 77.0 Å². The highest BCUT2D eigenvalue weighted by Crippen LogP contribution is 2.36. The van der Waals surface area contributed by atoms with Crippen LogP contribution in [0.5, 0.6) is 0 Å². The van der Waals surface area contributed by atoms with E-state index >= 15 is 0 Å². The first-order chi connectivity index (χ1) is 15.5. The van der Waals surface area contributed by atoms with E-state index in [1.54, 1.807) is 0 Å². The number of aromatic nitrogens is 3. The summed E-state index contributed by atoms with van der Waals surface area (Å²) >= 11 is 0. The molecule has 0 saturated heterocycles. The third-order valence-electron chi connectivity index (χ3n) is 4.73. The molecule has 0 saturated carbocycles. The highest BCUT2D eigenvalue weighted by molar-refractivity contribution is 6.05. The number of fused-ring (bicyclic) bond motifs is 1. The van der Waals surface area contributed by atoms with E-state index in [0.29, 0.717) is 22.5 Å². The maximum absolute atomic E-state index is 14.0. The fourth-order valence-electron chi connectivity index (χ4n) is 3.32. The molecule has 1 aromatic carbocycles. The summed E-state index contributed by atoms with van der Waals surface area (Å²) < 4.78 is 81.0. The van der Waals surface area contributed by atoms with Crippen LogP contribution in [0.2, 0.25) is 0 Å². The van der Waals surface area contributed by atoms with Gasteiger partial charge in [0.2, 0.25) is 0 Å². The van der Waals surface area contributed by atoms with Crippen LogP contribution in [0.1, 0.15) is 39.1 Å². The van der Waals surface area contributed by atoms with Gasteiger partial charge in [-0.3, -0.25) is 9.78 Å². The molecule has 0 radical (unpaired) electrons. The van der Waals surface area contributed by atoms with Crippen molar-refractivity contribution >= 4 is 17.7 Å². The number of aliphatic hydroxyl groups is 1. The lowest BCUT2D eigenvalue weighted by Gasteiger charge is -2.22. The number of anilines is 1. The first kappa shape index (κ1) is 22.3. The second kappa shape index (κ2) is 7.92. The fourth-order valence-corrected chi connectivity index (χ4v) is 3.32. The number of carbonyl (C=O) groups is 1. The molecular weight excluding hydrogens is 456 g/mol. The summed E-state index contributed by atoms with van der Waals surface area (Å²) in [5.74, 6) is -1.31. The summed E-state index contributed by atoms with van der Waals surface area (Å²) in [4.78, 5) is 15.7. The lowest BCUT2D eigenvalue weighted by molar-refractivity contribution is -0.143. The van der Waals surface area contributed by atoms with Gasteiger partial charge >= 0.3 is 12.4 Å². The van der Waals surface area contributed by atoms with Crippen LogP contribution in [-0.4, -0.2) is 25.8 Å². The molecule has 1 aliphatic heterocycles. The van der Waals surface area contributed by atoms with Crippen molar-refractivity contribution < 1.29 is 36.2 Å². The number of nitrogens with one attached hydrogen (secondary N) is 2. The quantitative estimate of drug-likeness (QED) is 0.502. The van der Waals surface area contributed by atoms with E-state index in [4.69, 9.17) is 0 Å². The Morgan fingerprint density at radius 2 is 1.88 bits per heavy atom. The molecule has 2 aromatic heterocycles. The van der Waals surface area contributed by atoms with Crippen LogP contribution in [0.15, 0.2) is 48.9 Å². The average molecular weight is 469 g/mol. The molecule has 7 nitrogen and oxygen atoms in total. The molecule has 1 aliphatic rings. The molecule has 1 amide bonds. The highest BCUT2D eigenvalue weighted by Gasteiger charge is 2.41. The third kappa shape index (κ3) is 4.26. The van der Waals surface area contributed by atoms with Crippen LogP contribution >= 0.6 is 0 Å². The molecule has 33 heavy (non-hydrogen) atoms. The molecular formula is C20H13F6N5O2. The first-order valence-corrected chi connectivity index (χ1v) is 9.20. The van der Waals surface area contributed by atoms with Gasteiger partial charge in [-0.2, -0.15) is 31.4 Å². The van der Waals surface area contributed by atoms with Crippen molar-refractivity contribution in [2.24, 2.45) is 0 Å². The molecule has 1 atom stereocenters. The van der Waals surface area contributed by atoms with Gasteiger partial charge in [0, 0.05) is 23.0 Å². The number of hydrogen-bond acceptors (Lipinski definition) is 5. The van der Waals surface area contributed by atoms with Gasteiger partial charge in [0.15, 0.2) is 11.9 Å². The summed E-state index contributed by atoms with van der Waals surface area (Å²) in [6, 6.07) is 5.75. The molecule has 3 aromatic rings. The van der Waals surface area contributed by atoms with Gasteiger partial charge in [-0.15, -0.1) is 0 Å². The van der Waals surface area contributed by atoms with E-state index in [1.807, 2.05) is 5.32 Å².